The van der Waals surface area contributed by atoms with Crippen molar-refractivity contribution in [3.8, 4) is 0 Å². The van der Waals surface area contributed by atoms with Crippen LogP contribution in [0.5, 0.6) is 0 Å². The van der Waals surface area contributed by atoms with Gasteiger partial charge in [-0.15, -0.1) is 0 Å². The van der Waals surface area contributed by atoms with E-state index in [2.05, 4.69) is 5.32 Å². The predicted molar refractivity (Wildman–Crippen MR) is 142 cm³/mol. The SMILES string of the molecule is CCS(=O)(=O)c1ccc(CNC(=O)c2ccc(N3C(=O)[C@H](C(C)C)[C@H]3c3cccc(Cl)c3)cc2)cc1. The Balaban J connectivity index is 1.45. The summed E-state index contributed by atoms with van der Waals surface area (Å²) in [6.45, 7) is 5.96. The minimum Gasteiger partial charge on any atom is -0.348 e. The summed E-state index contributed by atoms with van der Waals surface area (Å²) in [5.41, 5.74) is 2.98. The second kappa shape index (κ2) is 10.4. The second-order valence-corrected chi connectivity index (χ2v) is 12.0. The molecule has 6 nitrogen and oxygen atoms in total. The number of carbonyl (C=O) groups is 2. The van der Waals surface area contributed by atoms with Crippen molar-refractivity contribution < 1.29 is 18.0 Å². The molecule has 0 unspecified atom stereocenters. The largest absolute Gasteiger partial charge is 0.348 e. The fourth-order valence-electron chi connectivity index (χ4n) is 4.53. The molecule has 1 aliphatic rings. The molecule has 1 N–H and O–H groups in total. The normalized spacial score (nSPS) is 17.7. The van der Waals surface area contributed by atoms with E-state index in [-0.39, 0.29) is 46.9 Å². The summed E-state index contributed by atoms with van der Waals surface area (Å²) < 4.78 is 23.9. The molecule has 0 aromatic heterocycles. The van der Waals surface area contributed by atoms with Crippen molar-refractivity contribution in [2.45, 2.75) is 38.3 Å². The van der Waals surface area contributed by atoms with Crippen LogP contribution in [0.4, 0.5) is 5.69 Å². The highest BCUT2D eigenvalue weighted by Gasteiger charge is 2.50. The van der Waals surface area contributed by atoms with Gasteiger partial charge in [0.05, 0.1) is 22.6 Å². The van der Waals surface area contributed by atoms with Gasteiger partial charge in [0.15, 0.2) is 9.84 Å². The molecule has 36 heavy (non-hydrogen) atoms. The number of nitrogens with zero attached hydrogens (tertiary/aromatic N) is 1. The highest BCUT2D eigenvalue weighted by molar-refractivity contribution is 7.91. The minimum atomic E-state index is -3.26. The maximum Gasteiger partial charge on any atom is 0.251 e. The van der Waals surface area contributed by atoms with Gasteiger partial charge in [0.25, 0.3) is 5.91 Å². The number of anilines is 1. The number of amides is 2. The van der Waals surface area contributed by atoms with E-state index in [9.17, 15) is 18.0 Å². The Morgan fingerprint density at radius 1 is 1.03 bits per heavy atom. The highest BCUT2D eigenvalue weighted by atomic mass is 35.5. The summed E-state index contributed by atoms with van der Waals surface area (Å²) >= 11 is 6.22. The maximum absolute atomic E-state index is 13.0. The van der Waals surface area contributed by atoms with Crippen LogP contribution >= 0.6 is 11.6 Å². The molecule has 1 fully saturated rings. The molecular formula is C28H29ClN2O4S. The van der Waals surface area contributed by atoms with E-state index in [1.807, 2.05) is 38.1 Å². The van der Waals surface area contributed by atoms with Gasteiger partial charge in [-0.3, -0.25) is 9.59 Å². The van der Waals surface area contributed by atoms with Gasteiger partial charge in [0.1, 0.15) is 0 Å². The van der Waals surface area contributed by atoms with E-state index in [1.165, 1.54) is 0 Å². The highest BCUT2D eigenvalue weighted by Crippen LogP contribution is 2.47. The van der Waals surface area contributed by atoms with Crippen LogP contribution in [0.15, 0.2) is 77.7 Å². The molecule has 0 aliphatic carbocycles. The number of sulfone groups is 1. The molecule has 188 valence electrons. The molecule has 1 saturated heterocycles. The number of halogens is 1. The fraction of sp³-hybridized carbons (Fsp3) is 0.286. The Morgan fingerprint density at radius 3 is 2.28 bits per heavy atom. The van der Waals surface area contributed by atoms with E-state index in [1.54, 1.807) is 60.4 Å². The number of nitrogens with one attached hydrogen (secondary N) is 1. The molecule has 0 radical (unpaired) electrons. The topological polar surface area (TPSA) is 83.6 Å². The van der Waals surface area contributed by atoms with E-state index in [4.69, 9.17) is 11.6 Å². The van der Waals surface area contributed by atoms with Crippen molar-refractivity contribution in [1.29, 1.82) is 0 Å². The van der Waals surface area contributed by atoms with E-state index in [0.717, 1.165) is 16.8 Å². The first-order valence-electron chi connectivity index (χ1n) is 11.9. The number of hydrogen-bond donors (Lipinski definition) is 1. The van der Waals surface area contributed by atoms with Gasteiger partial charge in [-0.05, 0) is 65.6 Å². The molecule has 2 atom stereocenters. The molecule has 3 aromatic carbocycles. The molecule has 8 heteroatoms. The van der Waals surface area contributed by atoms with Crippen LogP contribution in [-0.2, 0) is 21.2 Å². The standard InChI is InChI=1S/C28H29ClN2O4S/c1-4-36(34,35)24-14-8-19(9-15-24)17-30-27(32)20-10-12-23(13-11-20)31-26(25(18(2)3)28(31)33)21-6-5-7-22(29)16-21/h5-16,18,25-26H,4,17H2,1-3H3,(H,30,32)/t25-,26-/m1/s1. The Bertz CT molecular complexity index is 1370. The monoisotopic (exact) mass is 524 g/mol. The number of benzene rings is 3. The van der Waals surface area contributed by atoms with Crippen molar-refractivity contribution in [1.82, 2.24) is 5.32 Å². The molecule has 0 bridgehead atoms. The Morgan fingerprint density at radius 2 is 1.69 bits per heavy atom. The van der Waals surface area contributed by atoms with E-state index in [0.29, 0.717) is 10.6 Å². The molecule has 1 heterocycles. The molecule has 1 aliphatic heterocycles. The van der Waals surface area contributed by atoms with Crippen LogP contribution in [0, 0.1) is 11.8 Å². The van der Waals surface area contributed by atoms with Gasteiger partial charge >= 0.3 is 0 Å². The number of rotatable bonds is 8. The third kappa shape index (κ3) is 5.18. The van der Waals surface area contributed by atoms with E-state index >= 15 is 0 Å². The van der Waals surface area contributed by atoms with Gasteiger partial charge in [-0.1, -0.05) is 56.6 Å². The zero-order valence-corrected chi connectivity index (χ0v) is 22.0. The summed E-state index contributed by atoms with van der Waals surface area (Å²) in [5, 5.41) is 3.48. The quantitative estimate of drug-likeness (QED) is 0.399. The van der Waals surface area contributed by atoms with Gasteiger partial charge in [-0.25, -0.2) is 8.42 Å². The molecule has 2 amide bonds. The van der Waals surface area contributed by atoms with Crippen LogP contribution in [0.1, 0.15) is 48.3 Å². The van der Waals surface area contributed by atoms with Gasteiger partial charge < -0.3 is 10.2 Å². The Labute approximate surface area is 217 Å². The lowest BCUT2D eigenvalue weighted by molar-refractivity contribution is -0.132. The lowest BCUT2D eigenvalue weighted by Crippen LogP contribution is -2.57. The van der Waals surface area contributed by atoms with Crippen LogP contribution in [-0.4, -0.2) is 26.0 Å². The molecular weight excluding hydrogens is 496 g/mol. The van der Waals surface area contributed by atoms with Gasteiger partial charge in [0, 0.05) is 22.8 Å². The summed E-state index contributed by atoms with van der Waals surface area (Å²) in [6.07, 6.45) is 0. The van der Waals surface area contributed by atoms with Crippen LogP contribution in [0.25, 0.3) is 0 Å². The minimum absolute atomic E-state index is 0.0417. The molecule has 3 aromatic rings. The van der Waals surface area contributed by atoms with Crippen LogP contribution in [0.2, 0.25) is 5.02 Å². The first kappa shape index (κ1) is 25.9. The number of carbonyl (C=O) groups excluding carboxylic acids is 2. The Kier molecular flexibility index (Phi) is 7.52. The second-order valence-electron chi connectivity index (χ2n) is 9.25. The van der Waals surface area contributed by atoms with Gasteiger partial charge in [-0.2, -0.15) is 0 Å². The van der Waals surface area contributed by atoms with Crippen molar-refractivity contribution in [2.24, 2.45) is 11.8 Å². The summed E-state index contributed by atoms with van der Waals surface area (Å²) in [6, 6.07) is 20.9. The first-order valence-corrected chi connectivity index (χ1v) is 13.9. The third-order valence-corrected chi connectivity index (χ3v) is 8.56. The summed E-state index contributed by atoms with van der Waals surface area (Å²) in [4.78, 5) is 27.8. The number of hydrogen-bond acceptors (Lipinski definition) is 4. The average Bonchev–Trinajstić information content (AvgIpc) is 2.86. The average molecular weight is 525 g/mol. The zero-order chi connectivity index (χ0) is 26.0. The molecule has 0 spiro atoms. The maximum atomic E-state index is 13.0. The lowest BCUT2D eigenvalue weighted by atomic mass is 9.75. The first-order chi connectivity index (χ1) is 17.1. The van der Waals surface area contributed by atoms with Crippen molar-refractivity contribution in [3.05, 3.63) is 94.5 Å². The summed E-state index contributed by atoms with van der Waals surface area (Å²) in [5.74, 6) is -0.113. The fourth-order valence-corrected chi connectivity index (χ4v) is 5.62. The van der Waals surface area contributed by atoms with E-state index < -0.39 is 9.84 Å². The molecule has 4 rings (SSSR count). The number of β-lactam (4-membered cyclic amide) rings is 1. The van der Waals surface area contributed by atoms with Gasteiger partial charge in [0.2, 0.25) is 5.91 Å². The summed E-state index contributed by atoms with van der Waals surface area (Å²) in [7, 11) is -3.26. The van der Waals surface area contributed by atoms with Crippen LogP contribution in [0.3, 0.4) is 0 Å². The zero-order valence-electron chi connectivity index (χ0n) is 20.4. The smallest absolute Gasteiger partial charge is 0.251 e. The lowest BCUT2D eigenvalue weighted by Gasteiger charge is -2.49. The Hall–Kier alpha value is -3.16. The predicted octanol–water partition coefficient (Wildman–Crippen LogP) is 5.42. The van der Waals surface area contributed by atoms with Crippen molar-refractivity contribution >= 4 is 38.9 Å². The molecule has 0 saturated carbocycles. The van der Waals surface area contributed by atoms with Crippen molar-refractivity contribution in [2.75, 3.05) is 10.7 Å². The van der Waals surface area contributed by atoms with Crippen molar-refractivity contribution in [3.63, 3.8) is 0 Å². The van der Waals surface area contributed by atoms with Crippen LogP contribution < -0.4 is 10.2 Å². The third-order valence-electron chi connectivity index (χ3n) is 6.57.